The molecule has 2 aliphatic heterocycles. The summed E-state index contributed by atoms with van der Waals surface area (Å²) in [5.74, 6) is 0. The molecule has 10 aromatic carbocycles. The Morgan fingerprint density at radius 1 is 0.478 bits per heavy atom. The maximum Gasteiger partial charge on any atom is 0.333 e. The molecule has 3 heterocycles. The van der Waals surface area contributed by atoms with Crippen molar-refractivity contribution in [3.8, 4) is 33.4 Å². The van der Waals surface area contributed by atoms with Crippen molar-refractivity contribution in [2.45, 2.75) is 45.4 Å². The molecule has 1 aliphatic carbocycles. The molecule has 0 amide bonds. The molecule has 1 aromatic heterocycles. The first kappa shape index (κ1) is 40.0. The van der Waals surface area contributed by atoms with Gasteiger partial charge in [0.05, 0.1) is 5.69 Å². The SMILES string of the molecule is CC(C)(C)c1ccc(N2c3cc(N(c4ccccc4)c4ccccc4)ccc3B3c4c2cc2c(c4-c4cccc5c6cc7ccccc7cc6n3c45)C(C)(C)c3ccccc3-2)c(-c2ccccc2)c1. The fourth-order valence-electron chi connectivity index (χ4n) is 12.5. The molecule has 0 N–H and O–H groups in total. The smallest absolute Gasteiger partial charge is 0.333 e. The van der Waals surface area contributed by atoms with Gasteiger partial charge in [-0.25, -0.2) is 0 Å². The fraction of sp³-hybridized carbons (Fsp3) is 0.108. The number of para-hydroxylation sites is 3. The lowest BCUT2D eigenvalue weighted by atomic mass is 9.44. The molecule has 0 unspecified atom stereocenters. The predicted octanol–water partition coefficient (Wildman–Crippen LogP) is 16.1. The van der Waals surface area contributed by atoms with Gasteiger partial charge >= 0.3 is 6.85 Å². The second kappa shape index (κ2) is 14.5. The summed E-state index contributed by atoms with van der Waals surface area (Å²) >= 11 is 0. The zero-order chi connectivity index (χ0) is 46.3. The first-order chi connectivity index (χ1) is 33.6. The minimum absolute atomic E-state index is 0.0528. The van der Waals surface area contributed by atoms with Crippen molar-refractivity contribution in [1.82, 2.24) is 4.48 Å². The number of hydrogen-bond acceptors (Lipinski definition) is 2. The standard InChI is InChI=1S/C65H50BN3/c1-64(2,3)44-32-35-56(51(38-44)41-20-9-6-10-21-41)68-58-39-47(67(45-24-11-7-12-25-45)46-26-13-8-14-27-46)33-34-55(58)66-62-59(68)40-53-48-28-17-18-31-54(48)65(4,5)61(53)60(62)50-30-19-29-49-52-36-42-22-15-16-23-43(42)37-57(52)69(66)63(49)50/h6-40H,1-5H3. The molecular formula is C65H50BN3. The highest BCUT2D eigenvalue weighted by atomic mass is 15.2. The summed E-state index contributed by atoms with van der Waals surface area (Å²) in [5.41, 5.74) is 23.7. The summed E-state index contributed by atoms with van der Waals surface area (Å²) in [5, 5.41) is 5.11. The molecule has 0 saturated carbocycles. The van der Waals surface area contributed by atoms with Gasteiger partial charge in [-0.15, -0.1) is 0 Å². The van der Waals surface area contributed by atoms with Crippen molar-refractivity contribution in [3.05, 3.63) is 229 Å². The van der Waals surface area contributed by atoms with Crippen molar-refractivity contribution in [2.24, 2.45) is 0 Å². The molecule has 69 heavy (non-hydrogen) atoms. The third kappa shape index (κ3) is 5.69. The van der Waals surface area contributed by atoms with E-state index in [4.69, 9.17) is 0 Å². The van der Waals surface area contributed by atoms with Gasteiger partial charge in [0.2, 0.25) is 0 Å². The quantitative estimate of drug-likeness (QED) is 0.160. The molecule has 0 fully saturated rings. The van der Waals surface area contributed by atoms with Gasteiger partial charge in [0.15, 0.2) is 0 Å². The molecular weight excluding hydrogens is 834 g/mol. The second-order valence-corrected chi connectivity index (χ2v) is 20.9. The molecule has 328 valence electrons. The van der Waals surface area contributed by atoms with E-state index >= 15 is 0 Å². The third-order valence-corrected chi connectivity index (χ3v) is 15.6. The highest BCUT2D eigenvalue weighted by Gasteiger charge is 2.48. The molecule has 3 aliphatic rings. The topological polar surface area (TPSA) is 11.4 Å². The van der Waals surface area contributed by atoms with Gasteiger partial charge in [-0.2, -0.15) is 0 Å². The number of nitrogens with zero attached hydrogens (tertiary/aromatic N) is 3. The Morgan fingerprint density at radius 3 is 1.86 bits per heavy atom. The van der Waals surface area contributed by atoms with Crippen LogP contribution >= 0.6 is 0 Å². The summed E-state index contributed by atoms with van der Waals surface area (Å²) < 4.78 is 2.72. The molecule has 0 atom stereocenters. The van der Waals surface area contributed by atoms with Gasteiger partial charge in [-0.3, -0.25) is 0 Å². The Balaban J connectivity index is 1.17. The molecule has 0 spiro atoms. The van der Waals surface area contributed by atoms with Crippen LogP contribution in [0, 0.1) is 0 Å². The highest BCUT2D eigenvalue weighted by molar-refractivity contribution is 6.90. The van der Waals surface area contributed by atoms with Crippen LogP contribution in [0.3, 0.4) is 0 Å². The van der Waals surface area contributed by atoms with Crippen LogP contribution in [0.15, 0.2) is 212 Å². The lowest BCUT2D eigenvalue weighted by Crippen LogP contribution is -2.57. The van der Waals surface area contributed by atoms with E-state index in [1.165, 1.54) is 105 Å². The molecule has 11 aromatic rings. The Morgan fingerprint density at radius 2 is 1.13 bits per heavy atom. The first-order valence-electron chi connectivity index (χ1n) is 24.5. The normalized spacial score (nSPS) is 13.9. The van der Waals surface area contributed by atoms with Crippen LogP contribution in [0.2, 0.25) is 0 Å². The van der Waals surface area contributed by atoms with Crippen molar-refractivity contribution >= 4 is 84.5 Å². The van der Waals surface area contributed by atoms with Crippen molar-refractivity contribution in [3.63, 3.8) is 0 Å². The summed E-state index contributed by atoms with van der Waals surface area (Å²) in [6.07, 6.45) is 0. The minimum Gasteiger partial charge on any atom is -0.375 e. The average molecular weight is 884 g/mol. The Bertz CT molecular complexity index is 3880. The van der Waals surface area contributed by atoms with Crippen LogP contribution in [0.25, 0.3) is 66.0 Å². The monoisotopic (exact) mass is 883 g/mol. The lowest BCUT2D eigenvalue weighted by Gasteiger charge is -2.43. The van der Waals surface area contributed by atoms with Crippen LogP contribution in [0.1, 0.15) is 51.3 Å². The molecule has 4 heteroatoms. The fourth-order valence-corrected chi connectivity index (χ4v) is 12.5. The van der Waals surface area contributed by atoms with E-state index in [0.29, 0.717) is 0 Å². The summed E-state index contributed by atoms with van der Waals surface area (Å²) in [6, 6.07) is 79.8. The van der Waals surface area contributed by atoms with E-state index in [0.717, 1.165) is 22.7 Å². The van der Waals surface area contributed by atoms with Gasteiger partial charge in [-0.05, 0) is 133 Å². The summed E-state index contributed by atoms with van der Waals surface area (Å²) in [7, 11) is 0. The first-order valence-corrected chi connectivity index (χ1v) is 24.5. The Kier molecular flexibility index (Phi) is 8.39. The minimum atomic E-state index is -0.240. The number of aromatic nitrogens is 1. The predicted molar refractivity (Wildman–Crippen MR) is 294 cm³/mol. The van der Waals surface area contributed by atoms with Gasteiger partial charge in [0, 0.05) is 66.8 Å². The maximum atomic E-state index is 2.72. The third-order valence-electron chi connectivity index (χ3n) is 15.6. The van der Waals surface area contributed by atoms with Crippen molar-refractivity contribution < 1.29 is 0 Å². The highest BCUT2D eigenvalue weighted by Crippen LogP contribution is 2.57. The van der Waals surface area contributed by atoms with Crippen LogP contribution < -0.4 is 20.7 Å². The van der Waals surface area contributed by atoms with Gasteiger partial charge in [0.25, 0.3) is 0 Å². The number of fused-ring (bicyclic) bond motifs is 12. The van der Waals surface area contributed by atoms with Gasteiger partial charge < -0.3 is 14.3 Å². The Labute approximate surface area is 404 Å². The van der Waals surface area contributed by atoms with E-state index in [1.807, 2.05) is 0 Å². The van der Waals surface area contributed by atoms with E-state index in [9.17, 15) is 0 Å². The van der Waals surface area contributed by atoms with Crippen LogP contribution in [0.5, 0.6) is 0 Å². The molecule has 0 saturated heterocycles. The number of rotatable bonds is 5. The van der Waals surface area contributed by atoms with E-state index < -0.39 is 0 Å². The largest absolute Gasteiger partial charge is 0.375 e. The lowest BCUT2D eigenvalue weighted by molar-refractivity contribution is 0.590. The molecule has 0 bridgehead atoms. The molecule has 3 nitrogen and oxygen atoms in total. The Hall–Kier alpha value is -8.08. The van der Waals surface area contributed by atoms with Gasteiger partial charge in [-0.1, -0.05) is 180 Å². The van der Waals surface area contributed by atoms with Gasteiger partial charge in [0.1, 0.15) is 0 Å². The maximum absolute atomic E-state index is 2.72. The summed E-state index contributed by atoms with van der Waals surface area (Å²) in [6.45, 7) is 11.8. The average Bonchev–Trinajstić information content (AvgIpc) is 3.82. The van der Waals surface area contributed by atoms with E-state index in [1.54, 1.807) is 0 Å². The van der Waals surface area contributed by atoms with E-state index in [-0.39, 0.29) is 17.7 Å². The van der Waals surface area contributed by atoms with Crippen LogP contribution in [-0.4, -0.2) is 11.3 Å². The number of anilines is 6. The summed E-state index contributed by atoms with van der Waals surface area (Å²) in [4.78, 5) is 5.06. The zero-order valence-electron chi connectivity index (χ0n) is 39.6. The second-order valence-electron chi connectivity index (χ2n) is 20.9. The van der Waals surface area contributed by atoms with Crippen molar-refractivity contribution in [2.75, 3.05) is 9.80 Å². The van der Waals surface area contributed by atoms with E-state index in [2.05, 4.69) is 261 Å². The number of hydrogen-bond donors (Lipinski definition) is 0. The van der Waals surface area contributed by atoms with Crippen molar-refractivity contribution in [1.29, 1.82) is 0 Å². The van der Waals surface area contributed by atoms with Crippen LogP contribution in [0.4, 0.5) is 34.1 Å². The molecule has 0 radical (unpaired) electrons. The molecule has 14 rings (SSSR count). The zero-order valence-corrected chi connectivity index (χ0v) is 39.6. The number of benzene rings is 10. The van der Waals surface area contributed by atoms with Crippen LogP contribution in [-0.2, 0) is 10.8 Å².